The number of anilines is 2. The molecule has 0 aliphatic carbocycles. The summed E-state index contributed by atoms with van der Waals surface area (Å²) in [5.41, 5.74) is 2.75. The highest BCUT2D eigenvalue weighted by Gasteiger charge is 2.31. The number of nitrogens with one attached hydrogen (secondary N) is 1. The Morgan fingerprint density at radius 1 is 1.37 bits per heavy atom. The van der Waals surface area contributed by atoms with Crippen LogP contribution in [0.4, 0.5) is 11.6 Å². The highest BCUT2D eigenvalue weighted by Crippen LogP contribution is 2.25. The van der Waals surface area contributed by atoms with Crippen LogP contribution in [0.5, 0.6) is 0 Å². The van der Waals surface area contributed by atoms with Gasteiger partial charge in [0.05, 0.1) is 0 Å². The van der Waals surface area contributed by atoms with Gasteiger partial charge < -0.3 is 10.3 Å². The molecule has 1 aromatic rings. The van der Waals surface area contributed by atoms with Gasteiger partial charge in [0.2, 0.25) is 0 Å². The van der Waals surface area contributed by atoms with Gasteiger partial charge in [-0.05, 0) is 27.2 Å². The van der Waals surface area contributed by atoms with Gasteiger partial charge in [0.1, 0.15) is 11.6 Å². The van der Waals surface area contributed by atoms with E-state index in [0.29, 0.717) is 5.82 Å². The Hall–Kier alpha value is -1.05. The summed E-state index contributed by atoms with van der Waals surface area (Å²) < 4.78 is 0. The zero-order chi connectivity index (χ0) is 14.0. The van der Waals surface area contributed by atoms with Crippen LogP contribution in [-0.2, 0) is 0 Å². The van der Waals surface area contributed by atoms with E-state index in [9.17, 15) is 0 Å². The maximum absolute atomic E-state index is 5.47. The molecule has 0 atom stereocenters. The molecule has 2 rings (SSSR count). The van der Waals surface area contributed by atoms with Crippen molar-refractivity contribution in [1.29, 1.82) is 0 Å². The number of piperazine rings is 1. The van der Waals surface area contributed by atoms with E-state index in [1.807, 2.05) is 12.3 Å². The van der Waals surface area contributed by atoms with Crippen molar-refractivity contribution in [3.63, 3.8) is 0 Å². The second-order valence-electron chi connectivity index (χ2n) is 5.40. The summed E-state index contributed by atoms with van der Waals surface area (Å²) in [7, 11) is 2.16. The summed E-state index contributed by atoms with van der Waals surface area (Å²) in [5.74, 6) is 7.07. The van der Waals surface area contributed by atoms with Crippen LogP contribution < -0.4 is 16.2 Å². The molecule has 0 amide bonds. The second-order valence-corrected chi connectivity index (χ2v) is 6.17. The average molecular weight is 282 g/mol. The summed E-state index contributed by atoms with van der Waals surface area (Å²) in [4.78, 5) is 13.5. The molecule has 0 spiro atoms. The summed E-state index contributed by atoms with van der Waals surface area (Å²) in [6.45, 7) is 7.43. The third-order valence-electron chi connectivity index (χ3n) is 3.66. The molecule has 106 valence electrons. The number of thioether (sulfide) groups is 1. The third kappa shape index (κ3) is 3.10. The molecule has 0 aromatic carbocycles. The highest BCUT2D eigenvalue weighted by molar-refractivity contribution is 7.98. The van der Waals surface area contributed by atoms with Crippen molar-refractivity contribution in [3.8, 4) is 0 Å². The third-order valence-corrected chi connectivity index (χ3v) is 4.21. The first kappa shape index (κ1) is 14.4. The number of hydrogen-bond donors (Lipinski definition) is 2. The van der Waals surface area contributed by atoms with Gasteiger partial charge in [-0.3, -0.25) is 4.90 Å². The Bertz CT molecular complexity index is 428. The molecule has 19 heavy (non-hydrogen) atoms. The molecule has 0 unspecified atom stereocenters. The zero-order valence-corrected chi connectivity index (χ0v) is 12.8. The van der Waals surface area contributed by atoms with Gasteiger partial charge in [0, 0.05) is 31.2 Å². The highest BCUT2D eigenvalue weighted by atomic mass is 32.2. The van der Waals surface area contributed by atoms with E-state index in [4.69, 9.17) is 5.84 Å². The normalized spacial score (nSPS) is 19.5. The lowest BCUT2D eigenvalue weighted by Crippen LogP contribution is -2.57. The second kappa shape index (κ2) is 5.52. The van der Waals surface area contributed by atoms with E-state index in [1.165, 1.54) is 11.8 Å². The Morgan fingerprint density at radius 2 is 2.11 bits per heavy atom. The van der Waals surface area contributed by atoms with Crippen LogP contribution in [-0.4, -0.2) is 53.3 Å². The van der Waals surface area contributed by atoms with Crippen molar-refractivity contribution in [2.75, 3.05) is 43.3 Å². The van der Waals surface area contributed by atoms with Gasteiger partial charge in [-0.15, -0.1) is 0 Å². The lowest BCUT2D eigenvalue weighted by Gasteiger charge is -2.45. The molecule has 3 N–H and O–H groups in total. The smallest absolute Gasteiger partial charge is 0.191 e. The first-order chi connectivity index (χ1) is 8.96. The minimum absolute atomic E-state index is 0.138. The number of aromatic nitrogens is 2. The lowest BCUT2D eigenvalue weighted by atomic mass is 10.00. The van der Waals surface area contributed by atoms with E-state index >= 15 is 0 Å². The van der Waals surface area contributed by atoms with Crippen LogP contribution in [0, 0.1) is 0 Å². The van der Waals surface area contributed by atoms with Crippen molar-refractivity contribution in [2.45, 2.75) is 24.5 Å². The Morgan fingerprint density at radius 3 is 2.68 bits per heavy atom. The molecule has 0 saturated carbocycles. The number of hydrogen-bond acceptors (Lipinski definition) is 7. The maximum atomic E-state index is 5.47. The van der Waals surface area contributed by atoms with Crippen molar-refractivity contribution < 1.29 is 0 Å². The fraction of sp³-hybridized carbons (Fsp3) is 0.667. The average Bonchev–Trinajstić information content (AvgIpc) is 2.41. The lowest BCUT2D eigenvalue weighted by molar-refractivity contribution is 0.138. The van der Waals surface area contributed by atoms with Crippen LogP contribution in [0.2, 0.25) is 0 Å². The van der Waals surface area contributed by atoms with E-state index in [0.717, 1.165) is 30.6 Å². The molecule has 7 heteroatoms. The summed E-state index contributed by atoms with van der Waals surface area (Å²) in [6.07, 6.45) is 1.97. The van der Waals surface area contributed by atoms with Crippen LogP contribution in [0.15, 0.2) is 11.2 Å². The van der Waals surface area contributed by atoms with E-state index in [2.05, 4.69) is 46.1 Å². The molecular weight excluding hydrogens is 260 g/mol. The predicted molar refractivity (Wildman–Crippen MR) is 80.5 cm³/mol. The van der Waals surface area contributed by atoms with Crippen molar-refractivity contribution in [3.05, 3.63) is 6.07 Å². The van der Waals surface area contributed by atoms with Crippen LogP contribution in [0.25, 0.3) is 0 Å². The van der Waals surface area contributed by atoms with Gasteiger partial charge in [-0.2, -0.15) is 0 Å². The Kier molecular flexibility index (Phi) is 4.17. The van der Waals surface area contributed by atoms with Gasteiger partial charge in [0.15, 0.2) is 5.16 Å². The monoisotopic (exact) mass is 282 g/mol. The zero-order valence-electron chi connectivity index (χ0n) is 12.0. The van der Waals surface area contributed by atoms with Crippen molar-refractivity contribution in [2.24, 2.45) is 5.84 Å². The van der Waals surface area contributed by atoms with Gasteiger partial charge in [-0.25, -0.2) is 15.8 Å². The molecule has 1 aromatic heterocycles. The Labute approximate surface area is 118 Å². The van der Waals surface area contributed by atoms with Crippen LogP contribution >= 0.6 is 11.8 Å². The summed E-state index contributed by atoms with van der Waals surface area (Å²) in [5, 5.41) is 0.738. The largest absolute Gasteiger partial charge is 0.353 e. The van der Waals surface area contributed by atoms with E-state index in [-0.39, 0.29) is 5.54 Å². The SMILES string of the molecule is CSc1nc(NN)cc(N2CCN(C)C(C)(C)C2)n1. The molecule has 1 saturated heterocycles. The maximum Gasteiger partial charge on any atom is 0.191 e. The Balaban J connectivity index is 2.26. The number of nitrogens with two attached hydrogens (primary N) is 1. The number of likely N-dealkylation sites (N-methyl/N-ethyl adjacent to an activating group) is 1. The first-order valence-corrected chi connectivity index (χ1v) is 7.54. The van der Waals surface area contributed by atoms with Gasteiger partial charge in [-0.1, -0.05) is 11.8 Å². The van der Waals surface area contributed by atoms with Crippen LogP contribution in [0.3, 0.4) is 0 Å². The minimum atomic E-state index is 0.138. The number of hydrazine groups is 1. The van der Waals surface area contributed by atoms with Crippen molar-refractivity contribution in [1.82, 2.24) is 14.9 Å². The minimum Gasteiger partial charge on any atom is -0.353 e. The van der Waals surface area contributed by atoms with E-state index in [1.54, 1.807) is 0 Å². The van der Waals surface area contributed by atoms with Crippen molar-refractivity contribution >= 4 is 23.4 Å². The fourth-order valence-corrected chi connectivity index (χ4v) is 2.55. The number of nitrogen functional groups attached to an aromatic ring is 1. The molecule has 0 radical (unpaired) electrons. The molecule has 0 bridgehead atoms. The molecule has 6 nitrogen and oxygen atoms in total. The molecular formula is C12H22N6S. The topological polar surface area (TPSA) is 70.3 Å². The quantitative estimate of drug-likeness (QED) is 0.371. The molecule has 1 aliphatic rings. The van der Waals surface area contributed by atoms with Gasteiger partial charge >= 0.3 is 0 Å². The molecule has 1 aliphatic heterocycles. The van der Waals surface area contributed by atoms with Crippen LogP contribution in [0.1, 0.15) is 13.8 Å². The molecule has 1 fully saturated rings. The standard InChI is InChI=1S/C12H22N6S/c1-12(2)8-18(6-5-17(12)3)10-7-9(16-13)14-11(15-10)19-4/h7H,5-6,8,13H2,1-4H3,(H,14,15,16). The first-order valence-electron chi connectivity index (χ1n) is 6.32. The number of rotatable bonds is 3. The number of nitrogens with zero attached hydrogens (tertiary/aromatic N) is 4. The summed E-state index contributed by atoms with van der Waals surface area (Å²) >= 11 is 1.52. The predicted octanol–water partition coefficient (Wildman–Crippen LogP) is 1.01. The fourth-order valence-electron chi connectivity index (χ4n) is 2.18. The van der Waals surface area contributed by atoms with E-state index < -0.39 is 0 Å². The summed E-state index contributed by atoms with van der Waals surface area (Å²) in [6, 6.07) is 1.90. The van der Waals surface area contributed by atoms with Gasteiger partial charge in [0.25, 0.3) is 0 Å². The molecule has 2 heterocycles.